The molecule has 0 radical (unpaired) electrons. The molecule has 1 rings (SSSR count). The SMILES string of the molecule is C=CCOCC(O)CN(CCC(C)C)Cc1cccs1. The van der Waals surface area contributed by atoms with Crippen LogP contribution in [0.15, 0.2) is 30.2 Å². The number of aliphatic hydroxyl groups is 1. The van der Waals surface area contributed by atoms with Gasteiger partial charge in [-0.2, -0.15) is 0 Å². The summed E-state index contributed by atoms with van der Waals surface area (Å²) in [5.74, 6) is 0.676. The van der Waals surface area contributed by atoms with Crippen LogP contribution in [0, 0.1) is 5.92 Å². The van der Waals surface area contributed by atoms with Crippen molar-refractivity contribution < 1.29 is 9.84 Å². The van der Waals surface area contributed by atoms with Crippen molar-refractivity contribution in [3.8, 4) is 0 Å². The summed E-state index contributed by atoms with van der Waals surface area (Å²) in [6.07, 6.45) is 2.41. The van der Waals surface area contributed by atoms with Crippen LogP contribution in [-0.2, 0) is 11.3 Å². The van der Waals surface area contributed by atoms with Crippen LogP contribution in [0.4, 0.5) is 0 Å². The summed E-state index contributed by atoms with van der Waals surface area (Å²) in [4.78, 5) is 3.65. The predicted octanol–water partition coefficient (Wildman–Crippen LogP) is 3.16. The highest BCUT2D eigenvalue weighted by atomic mass is 32.1. The van der Waals surface area contributed by atoms with E-state index in [1.807, 2.05) is 0 Å². The molecule has 1 N–H and O–H groups in total. The van der Waals surface area contributed by atoms with Gasteiger partial charge in [0.05, 0.1) is 19.3 Å². The Labute approximate surface area is 126 Å². The quantitative estimate of drug-likeness (QED) is 0.503. The number of thiophene rings is 1. The van der Waals surface area contributed by atoms with Gasteiger partial charge in [0.15, 0.2) is 0 Å². The summed E-state index contributed by atoms with van der Waals surface area (Å²) < 4.78 is 5.31. The summed E-state index contributed by atoms with van der Waals surface area (Å²) in [5, 5.41) is 12.1. The lowest BCUT2D eigenvalue weighted by Gasteiger charge is -2.25. The lowest BCUT2D eigenvalue weighted by Crippen LogP contribution is -2.35. The molecule has 0 saturated heterocycles. The molecule has 0 saturated carbocycles. The topological polar surface area (TPSA) is 32.7 Å². The van der Waals surface area contributed by atoms with E-state index < -0.39 is 6.10 Å². The lowest BCUT2D eigenvalue weighted by atomic mass is 10.1. The standard InChI is InChI=1S/C16H27NO2S/c1-4-9-19-13-15(18)11-17(8-7-14(2)3)12-16-6-5-10-20-16/h4-6,10,14-15,18H,1,7-9,11-13H2,2-3H3. The van der Waals surface area contributed by atoms with Crippen molar-refractivity contribution in [1.82, 2.24) is 4.90 Å². The van der Waals surface area contributed by atoms with Crippen molar-refractivity contribution in [2.75, 3.05) is 26.3 Å². The van der Waals surface area contributed by atoms with Crippen molar-refractivity contribution in [2.45, 2.75) is 32.9 Å². The smallest absolute Gasteiger partial charge is 0.0900 e. The van der Waals surface area contributed by atoms with E-state index in [4.69, 9.17) is 4.74 Å². The molecule has 1 unspecified atom stereocenters. The van der Waals surface area contributed by atoms with E-state index >= 15 is 0 Å². The molecule has 1 atom stereocenters. The summed E-state index contributed by atoms with van der Waals surface area (Å²) in [7, 11) is 0. The van der Waals surface area contributed by atoms with Gasteiger partial charge in [0.25, 0.3) is 0 Å². The van der Waals surface area contributed by atoms with E-state index in [2.05, 4.69) is 42.8 Å². The van der Waals surface area contributed by atoms with E-state index in [0.717, 1.165) is 19.5 Å². The molecular formula is C16H27NO2S. The molecule has 0 aliphatic rings. The van der Waals surface area contributed by atoms with Crippen molar-refractivity contribution in [3.05, 3.63) is 35.0 Å². The fourth-order valence-electron chi connectivity index (χ4n) is 1.94. The third-order valence-corrected chi connectivity index (χ3v) is 3.86. The van der Waals surface area contributed by atoms with Gasteiger partial charge in [0, 0.05) is 18.0 Å². The van der Waals surface area contributed by atoms with Gasteiger partial charge in [-0.25, -0.2) is 0 Å². The minimum absolute atomic E-state index is 0.370. The molecule has 20 heavy (non-hydrogen) atoms. The first-order valence-corrected chi connectivity index (χ1v) is 8.11. The van der Waals surface area contributed by atoms with Crippen LogP contribution >= 0.6 is 11.3 Å². The lowest BCUT2D eigenvalue weighted by molar-refractivity contribution is 0.0239. The van der Waals surface area contributed by atoms with E-state index in [1.54, 1.807) is 17.4 Å². The number of nitrogens with zero attached hydrogens (tertiary/aromatic N) is 1. The maximum atomic E-state index is 10.0. The normalized spacial score (nSPS) is 13.1. The van der Waals surface area contributed by atoms with E-state index in [1.165, 1.54) is 4.88 Å². The first kappa shape index (κ1) is 17.4. The molecule has 0 aliphatic heterocycles. The maximum Gasteiger partial charge on any atom is 0.0900 e. The Morgan fingerprint density at radius 3 is 2.90 bits per heavy atom. The highest BCUT2D eigenvalue weighted by Crippen LogP contribution is 2.13. The molecule has 1 aromatic heterocycles. The second kappa shape index (κ2) is 10.1. The van der Waals surface area contributed by atoms with Crippen molar-refractivity contribution >= 4 is 11.3 Å². The summed E-state index contributed by atoms with van der Waals surface area (Å²) in [5.41, 5.74) is 0. The van der Waals surface area contributed by atoms with Gasteiger partial charge in [0.1, 0.15) is 0 Å². The molecule has 3 nitrogen and oxygen atoms in total. The average molecular weight is 297 g/mol. The van der Waals surface area contributed by atoms with E-state index in [0.29, 0.717) is 25.7 Å². The van der Waals surface area contributed by atoms with Gasteiger partial charge < -0.3 is 9.84 Å². The number of aliphatic hydroxyl groups excluding tert-OH is 1. The molecule has 0 fully saturated rings. The third-order valence-electron chi connectivity index (χ3n) is 3.00. The van der Waals surface area contributed by atoms with Gasteiger partial charge in [0.2, 0.25) is 0 Å². The van der Waals surface area contributed by atoms with Crippen LogP contribution in [0.5, 0.6) is 0 Å². The number of hydrogen-bond donors (Lipinski definition) is 1. The summed E-state index contributed by atoms with van der Waals surface area (Å²) >= 11 is 1.77. The molecule has 0 spiro atoms. The molecule has 1 heterocycles. The molecule has 114 valence electrons. The Hall–Kier alpha value is -0.680. The fourth-order valence-corrected chi connectivity index (χ4v) is 2.68. The third kappa shape index (κ3) is 7.80. The zero-order valence-corrected chi connectivity index (χ0v) is 13.4. The minimum Gasteiger partial charge on any atom is -0.389 e. The Morgan fingerprint density at radius 1 is 1.50 bits per heavy atom. The molecule has 1 aromatic rings. The Balaban J connectivity index is 2.41. The summed E-state index contributed by atoms with van der Waals surface area (Å²) in [6, 6.07) is 4.22. The van der Waals surface area contributed by atoms with Gasteiger partial charge in [-0.15, -0.1) is 17.9 Å². The first-order chi connectivity index (χ1) is 9.61. The van der Waals surface area contributed by atoms with Crippen LogP contribution in [0.25, 0.3) is 0 Å². The van der Waals surface area contributed by atoms with Crippen molar-refractivity contribution in [1.29, 1.82) is 0 Å². The molecule has 0 amide bonds. The second-order valence-corrected chi connectivity index (χ2v) is 6.51. The van der Waals surface area contributed by atoms with E-state index in [9.17, 15) is 5.11 Å². The predicted molar refractivity (Wildman–Crippen MR) is 86.1 cm³/mol. The van der Waals surface area contributed by atoms with Crippen molar-refractivity contribution in [2.24, 2.45) is 5.92 Å². The number of hydrogen-bond acceptors (Lipinski definition) is 4. The zero-order valence-electron chi connectivity index (χ0n) is 12.6. The fraction of sp³-hybridized carbons (Fsp3) is 0.625. The van der Waals surface area contributed by atoms with Crippen LogP contribution in [-0.4, -0.2) is 42.4 Å². The minimum atomic E-state index is -0.443. The molecule has 0 bridgehead atoms. The van der Waals surface area contributed by atoms with Crippen LogP contribution in [0.2, 0.25) is 0 Å². The largest absolute Gasteiger partial charge is 0.389 e. The van der Waals surface area contributed by atoms with Crippen LogP contribution < -0.4 is 0 Å². The number of ether oxygens (including phenoxy) is 1. The Kier molecular flexibility index (Phi) is 8.78. The molecular weight excluding hydrogens is 270 g/mol. The van der Waals surface area contributed by atoms with Gasteiger partial charge in [-0.1, -0.05) is 26.0 Å². The average Bonchev–Trinajstić information content (AvgIpc) is 2.89. The monoisotopic (exact) mass is 297 g/mol. The maximum absolute atomic E-state index is 10.0. The van der Waals surface area contributed by atoms with Crippen LogP contribution in [0.3, 0.4) is 0 Å². The zero-order chi connectivity index (χ0) is 14.8. The molecule has 0 aliphatic carbocycles. The van der Waals surface area contributed by atoms with Crippen molar-refractivity contribution in [3.63, 3.8) is 0 Å². The van der Waals surface area contributed by atoms with E-state index in [-0.39, 0.29) is 0 Å². The number of rotatable bonds is 11. The Morgan fingerprint density at radius 2 is 2.30 bits per heavy atom. The highest BCUT2D eigenvalue weighted by Gasteiger charge is 2.13. The molecule has 0 aromatic carbocycles. The van der Waals surface area contributed by atoms with Gasteiger partial charge in [-0.3, -0.25) is 4.90 Å². The highest BCUT2D eigenvalue weighted by molar-refractivity contribution is 7.09. The first-order valence-electron chi connectivity index (χ1n) is 7.23. The van der Waals surface area contributed by atoms with Gasteiger partial charge >= 0.3 is 0 Å². The van der Waals surface area contributed by atoms with Crippen LogP contribution in [0.1, 0.15) is 25.1 Å². The second-order valence-electron chi connectivity index (χ2n) is 5.48. The molecule has 4 heteroatoms. The summed E-state index contributed by atoms with van der Waals surface area (Å²) in [6.45, 7) is 11.5. The van der Waals surface area contributed by atoms with Gasteiger partial charge in [-0.05, 0) is 30.3 Å². The Bertz CT molecular complexity index is 351.